The molecule has 2 aliphatic heterocycles. The SMILES string of the molecule is CCCCOCN1C(=O)N(COCCCC)C2C1N(COCCCC)C(=O)N2COCCn1c(=O)n(CCO)c(=O)n(CCOC(=O)Cn2c(=O)n(CC(=O)OC)c(=O)n(CC(=O)OCC(O)CO)c2=O)c1=O. The molecule has 3 N–H and O–H groups in total. The van der Waals surface area contributed by atoms with Gasteiger partial charge in [0.05, 0.1) is 46.6 Å². The summed E-state index contributed by atoms with van der Waals surface area (Å²) in [6.07, 6.45) is 1.36. The van der Waals surface area contributed by atoms with E-state index in [1.165, 1.54) is 19.6 Å². The lowest BCUT2D eigenvalue weighted by Crippen LogP contribution is -2.56. The van der Waals surface area contributed by atoms with Gasteiger partial charge in [-0.3, -0.25) is 34.0 Å². The van der Waals surface area contributed by atoms with Gasteiger partial charge in [0.15, 0.2) is 12.3 Å². The summed E-state index contributed by atoms with van der Waals surface area (Å²) in [5, 5.41) is 28.1. The van der Waals surface area contributed by atoms with E-state index in [1.807, 2.05) is 20.8 Å². The van der Waals surface area contributed by atoms with Crippen LogP contribution in [0.3, 0.4) is 0 Å². The van der Waals surface area contributed by atoms with Gasteiger partial charge in [-0.2, -0.15) is 0 Å². The zero-order valence-electron chi connectivity index (χ0n) is 41.4. The van der Waals surface area contributed by atoms with E-state index >= 15 is 0 Å². The van der Waals surface area contributed by atoms with Crippen LogP contribution in [0.2, 0.25) is 0 Å². The minimum atomic E-state index is -1.53. The number of aromatic nitrogens is 6. The molecule has 31 heteroatoms. The molecule has 2 aliphatic rings. The van der Waals surface area contributed by atoms with Crippen LogP contribution in [-0.4, -0.2) is 198 Å². The van der Waals surface area contributed by atoms with E-state index in [-0.39, 0.29) is 33.9 Å². The largest absolute Gasteiger partial charge is 0.468 e. The molecular weight excluding hydrogens is 981 g/mol. The van der Waals surface area contributed by atoms with Gasteiger partial charge in [0.2, 0.25) is 0 Å². The average Bonchev–Trinajstić information content (AvgIpc) is 3.79. The Morgan fingerprint density at radius 2 is 0.822 bits per heavy atom. The van der Waals surface area contributed by atoms with Gasteiger partial charge < -0.3 is 48.5 Å². The number of nitrogens with zero attached hydrogens (tertiary/aromatic N) is 10. The summed E-state index contributed by atoms with van der Waals surface area (Å²) in [5.74, 6) is -3.79. The molecule has 3 unspecified atom stereocenters. The molecule has 0 aliphatic carbocycles. The number of aliphatic hydroxyl groups is 3. The lowest BCUT2D eigenvalue weighted by atomic mass is 10.3. The Labute approximate surface area is 415 Å². The monoisotopic (exact) mass is 1050 g/mol. The predicted molar refractivity (Wildman–Crippen MR) is 246 cm³/mol. The van der Waals surface area contributed by atoms with Crippen molar-refractivity contribution in [3.63, 3.8) is 0 Å². The Hall–Kier alpha value is -6.51. The lowest BCUT2D eigenvalue weighted by molar-refractivity contribution is -0.148. The second-order valence-electron chi connectivity index (χ2n) is 16.4. The predicted octanol–water partition coefficient (Wildman–Crippen LogP) is -4.61. The molecule has 2 aromatic heterocycles. The van der Waals surface area contributed by atoms with Crippen LogP contribution in [0, 0.1) is 0 Å². The smallest absolute Gasteiger partial charge is 0.337 e. The van der Waals surface area contributed by atoms with E-state index < -0.39 is 162 Å². The fourth-order valence-electron chi connectivity index (χ4n) is 7.32. The van der Waals surface area contributed by atoms with Crippen molar-refractivity contribution in [2.24, 2.45) is 0 Å². The summed E-state index contributed by atoms with van der Waals surface area (Å²) in [5.41, 5.74) is -8.08. The third kappa shape index (κ3) is 15.0. The van der Waals surface area contributed by atoms with Crippen LogP contribution < -0.4 is 34.1 Å². The highest BCUT2D eigenvalue weighted by molar-refractivity contribution is 5.85. The molecule has 2 saturated heterocycles. The Morgan fingerprint density at radius 3 is 1.19 bits per heavy atom. The maximum absolute atomic E-state index is 14.1. The first-order valence-corrected chi connectivity index (χ1v) is 23.6. The zero-order chi connectivity index (χ0) is 53.8. The quantitative estimate of drug-likeness (QED) is 0.0337. The number of hydrogen-bond acceptors (Lipinski definition) is 21. The van der Waals surface area contributed by atoms with Crippen LogP contribution in [0.25, 0.3) is 0 Å². The van der Waals surface area contributed by atoms with Crippen molar-refractivity contribution in [2.45, 2.75) is 117 Å². The number of urea groups is 2. The second kappa shape index (κ2) is 29.3. The molecule has 3 atom stereocenters. The van der Waals surface area contributed by atoms with Crippen molar-refractivity contribution in [3.05, 3.63) is 62.9 Å². The molecule has 410 valence electrons. The van der Waals surface area contributed by atoms with E-state index in [2.05, 4.69) is 4.74 Å². The Morgan fingerprint density at radius 1 is 0.479 bits per heavy atom. The summed E-state index contributed by atoms with van der Waals surface area (Å²) in [6.45, 7) is -2.73. The van der Waals surface area contributed by atoms with Gasteiger partial charge in [0, 0.05) is 19.8 Å². The third-order valence-corrected chi connectivity index (χ3v) is 11.2. The summed E-state index contributed by atoms with van der Waals surface area (Å²) < 4.78 is 39.8. The van der Waals surface area contributed by atoms with Crippen molar-refractivity contribution in [1.82, 2.24) is 47.0 Å². The number of aliphatic hydroxyl groups excluding tert-OH is 3. The van der Waals surface area contributed by atoms with Gasteiger partial charge in [-0.25, -0.2) is 65.8 Å². The van der Waals surface area contributed by atoms with Crippen molar-refractivity contribution in [3.8, 4) is 0 Å². The molecule has 0 radical (unpaired) electrons. The third-order valence-electron chi connectivity index (χ3n) is 11.2. The molecular formula is C42H66N10O21. The first-order valence-electron chi connectivity index (χ1n) is 23.6. The van der Waals surface area contributed by atoms with E-state index in [9.17, 15) is 63.0 Å². The average molecular weight is 1050 g/mol. The number of amides is 4. The van der Waals surface area contributed by atoms with Gasteiger partial charge >= 0.3 is 64.1 Å². The minimum Gasteiger partial charge on any atom is -0.468 e. The van der Waals surface area contributed by atoms with Gasteiger partial charge in [-0.1, -0.05) is 40.0 Å². The van der Waals surface area contributed by atoms with E-state index in [0.29, 0.717) is 33.5 Å². The molecule has 0 saturated carbocycles. The number of esters is 3. The number of rotatable bonds is 34. The van der Waals surface area contributed by atoms with E-state index in [4.69, 9.17) is 33.5 Å². The number of hydrogen-bond donors (Lipinski definition) is 3. The lowest BCUT2D eigenvalue weighted by Gasteiger charge is -2.29. The molecule has 0 spiro atoms. The van der Waals surface area contributed by atoms with Crippen LogP contribution in [0.15, 0.2) is 28.8 Å². The Bertz CT molecular complexity index is 2560. The number of fused-ring (bicyclic) bond motifs is 1. The number of unbranched alkanes of at least 4 members (excludes halogenated alkanes) is 3. The normalized spacial score (nSPS) is 15.9. The maximum Gasteiger partial charge on any atom is 0.337 e. The number of ether oxygens (including phenoxy) is 7. The van der Waals surface area contributed by atoms with Crippen molar-refractivity contribution in [2.75, 3.05) is 86.9 Å². The van der Waals surface area contributed by atoms with Crippen LogP contribution >= 0.6 is 0 Å². The summed E-state index contributed by atoms with van der Waals surface area (Å²) in [6, 6.07) is -1.02. The Kier molecular flexibility index (Phi) is 23.7. The highest BCUT2D eigenvalue weighted by Crippen LogP contribution is 2.35. The number of methoxy groups -OCH3 is 1. The van der Waals surface area contributed by atoms with Gasteiger partial charge in [-0.05, 0) is 19.3 Å². The molecule has 4 amide bonds. The van der Waals surface area contributed by atoms with E-state index in [0.717, 1.165) is 45.6 Å². The van der Waals surface area contributed by atoms with Crippen molar-refractivity contribution in [1.29, 1.82) is 0 Å². The second-order valence-corrected chi connectivity index (χ2v) is 16.4. The Balaban J connectivity index is 1.54. The van der Waals surface area contributed by atoms with Gasteiger partial charge in [0.1, 0.15) is 65.9 Å². The van der Waals surface area contributed by atoms with Crippen molar-refractivity contribution < 1.29 is 72.5 Å². The van der Waals surface area contributed by atoms with Crippen molar-refractivity contribution >= 4 is 30.0 Å². The molecule has 73 heavy (non-hydrogen) atoms. The molecule has 4 rings (SSSR count). The molecule has 0 aromatic carbocycles. The highest BCUT2D eigenvalue weighted by atomic mass is 16.6. The van der Waals surface area contributed by atoms with Gasteiger partial charge in [-0.15, -0.1) is 0 Å². The standard InChI is InChI=1S/C42H66N10O21/c1-5-8-15-68-25-49-33-34(51(41(49)65)27-70-17-10-7-3)52(42(66)50(33)26-69-16-9-6-2)28-71-18-12-44-35(59)43(11-14-53)36(60)45(37(44)61)13-19-72-31(57)21-47-38(62)46(20-30(56)67-4)39(63)48(40(47)64)22-32(58)73-24-29(55)23-54/h29,33-34,53-55H,5-28H2,1-4H3. The van der Waals surface area contributed by atoms with Crippen LogP contribution in [0.5, 0.6) is 0 Å². The summed E-state index contributed by atoms with van der Waals surface area (Å²) in [4.78, 5) is 151. The van der Waals surface area contributed by atoms with Crippen LogP contribution in [-0.2, 0) is 86.8 Å². The van der Waals surface area contributed by atoms with Crippen LogP contribution in [0.1, 0.15) is 59.3 Å². The zero-order valence-corrected chi connectivity index (χ0v) is 41.4. The molecule has 0 bridgehead atoms. The topological polar surface area (TPSA) is 356 Å². The number of carbonyl (C=O) groups excluding carboxylic acids is 5. The van der Waals surface area contributed by atoms with Crippen LogP contribution in [0.4, 0.5) is 9.59 Å². The summed E-state index contributed by atoms with van der Waals surface area (Å²) in [7, 11) is 0.929. The molecule has 2 aromatic rings. The number of carbonyl (C=O) groups is 5. The fourth-order valence-corrected chi connectivity index (χ4v) is 7.32. The maximum atomic E-state index is 14.1. The molecule has 31 nitrogen and oxygen atoms in total. The molecule has 2 fully saturated rings. The highest BCUT2D eigenvalue weighted by Gasteiger charge is 2.59. The fraction of sp³-hybridized carbons (Fsp3) is 0.738. The van der Waals surface area contributed by atoms with Gasteiger partial charge in [0.25, 0.3) is 0 Å². The summed E-state index contributed by atoms with van der Waals surface area (Å²) >= 11 is 0. The minimum absolute atomic E-state index is 0.131. The molecule has 4 heterocycles. The first kappa shape index (κ1) is 59.1. The van der Waals surface area contributed by atoms with E-state index in [1.54, 1.807) is 0 Å². The first-order chi connectivity index (χ1) is 35.0.